The molecule has 1 saturated heterocycles. The van der Waals surface area contributed by atoms with Gasteiger partial charge >= 0.3 is 0 Å². The molecule has 2 aliphatic rings. The van der Waals surface area contributed by atoms with Crippen LogP contribution in [0.4, 0.5) is 8.78 Å². The number of rotatable bonds is 7. The Bertz CT molecular complexity index is 282. The molecular formula is C16H30F2N2. The number of nitrogens with one attached hydrogen (secondary N) is 1. The highest BCUT2D eigenvalue weighted by Gasteiger charge is 2.34. The second-order valence-electron chi connectivity index (χ2n) is 6.77. The predicted octanol–water partition coefficient (Wildman–Crippen LogP) is 3.52. The van der Waals surface area contributed by atoms with Crippen molar-refractivity contribution < 1.29 is 8.78 Å². The first kappa shape index (κ1) is 16.2. The summed E-state index contributed by atoms with van der Waals surface area (Å²) in [5.74, 6) is 1.51. The fourth-order valence-electron chi connectivity index (χ4n) is 3.81. The van der Waals surface area contributed by atoms with Crippen molar-refractivity contribution in [3.05, 3.63) is 0 Å². The standard InChI is InChI=1S/C16H30F2N2/c1-3-5-13-8-15(19-9-16(17)18)11-20(10-13)12(2)14-6-4-7-14/h12-16,19H,3-11H2,1-2H3. The summed E-state index contributed by atoms with van der Waals surface area (Å²) >= 11 is 0. The number of nitrogens with zero attached hydrogens (tertiary/aromatic N) is 1. The van der Waals surface area contributed by atoms with E-state index >= 15 is 0 Å². The van der Waals surface area contributed by atoms with Crippen LogP contribution in [0, 0.1) is 11.8 Å². The maximum absolute atomic E-state index is 12.4. The van der Waals surface area contributed by atoms with E-state index in [0.29, 0.717) is 12.0 Å². The fourth-order valence-corrected chi connectivity index (χ4v) is 3.81. The van der Waals surface area contributed by atoms with E-state index in [9.17, 15) is 8.78 Å². The van der Waals surface area contributed by atoms with Gasteiger partial charge in [0.2, 0.25) is 0 Å². The molecule has 2 fully saturated rings. The number of halogens is 2. The molecule has 0 bridgehead atoms. The summed E-state index contributed by atoms with van der Waals surface area (Å²) in [6.45, 7) is 6.51. The lowest BCUT2D eigenvalue weighted by Crippen LogP contribution is -2.54. The average Bonchev–Trinajstić information content (AvgIpc) is 2.34. The average molecular weight is 288 g/mol. The first-order valence-electron chi connectivity index (χ1n) is 8.35. The fraction of sp³-hybridized carbons (Fsp3) is 1.00. The third-order valence-corrected chi connectivity index (χ3v) is 5.23. The highest BCUT2D eigenvalue weighted by molar-refractivity contribution is 4.89. The molecule has 0 aromatic heterocycles. The van der Waals surface area contributed by atoms with Crippen LogP contribution in [0.1, 0.15) is 52.4 Å². The molecule has 20 heavy (non-hydrogen) atoms. The molecule has 0 radical (unpaired) electrons. The van der Waals surface area contributed by atoms with Gasteiger partial charge < -0.3 is 5.32 Å². The van der Waals surface area contributed by atoms with Gasteiger partial charge in [-0.3, -0.25) is 4.90 Å². The van der Waals surface area contributed by atoms with E-state index in [1.54, 1.807) is 0 Å². The molecule has 2 rings (SSSR count). The van der Waals surface area contributed by atoms with Gasteiger partial charge in [0.25, 0.3) is 6.43 Å². The zero-order chi connectivity index (χ0) is 14.5. The van der Waals surface area contributed by atoms with Crippen LogP contribution >= 0.6 is 0 Å². The van der Waals surface area contributed by atoms with E-state index in [4.69, 9.17) is 0 Å². The zero-order valence-electron chi connectivity index (χ0n) is 13.0. The topological polar surface area (TPSA) is 15.3 Å². The van der Waals surface area contributed by atoms with E-state index in [-0.39, 0.29) is 12.6 Å². The van der Waals surface area contributed by atoms with Gasteiger partial charge in [-0.1, -0.05) is 19.8 Å². The molecule has 3 atom stereocenters. The van der Waals surface area contributed by atoms with Crippen LogP contribution in [0.3, 0.4) is 0 Å². The van der Waals surface area contributed by atoms with E-state index in [2.05, 4.69) is 24.1 Å². The molecule has 118 valence electrons. The summed E-state index contributed by atoms with van der Waals surface area (Å²) in [4.78, 5) is 2.57. The Morgan fingerprint density at radius 2 is 2.00 bits per heavy atom. The van der Waals surface area contributed by atoms with Crippen LogP contribution in [-0.4, -0.2) is 43.0 Å². The lowest BCUT2D eigenvalue weighted by atomic mass is 9.78. The number of hydrogen-bond donors (Lipinski definition) is 1. The van der Waals surface area contributed by atoms with Crippen molar-refractivity contribution in [1.29, 1.82) is 0 Å². The Kier molecular flexibility index (Phi) is 6.21. The Morgan fingerprint density at radius 1 is 1.25 bits per heavy atom. The number of alkyl halides is 2. The zero-order valence-corrected chi connectivity index (χ0v) is 13.0. The molecule has 0 aromatic carbocycles. The first-order chi connectivity index (χ1) is 9.60. The molecule has 2 nitrogen and oxygen atoms in total. The molecule has 0 aromatic rings. The summed E-state index contributed by atoms with van der Waals surface area (Å²) in [6.07, 6.45) is 5.32. The van der Waals surface area contributed by atoms with Gasteiger partial charge in [0.15, 0.2) is 0 Å². The molecule has 1 heterocycles. The minimum atomic E-state index is -2.24. The monoisotopic (exact) mass is 288 g/mol. The smallest absolute Gasteiger partial charge is 0.250 e. The maximum Gasteiger partial charge on any atom is 0.250 e. The van der Waals surface area contributed by atoms with Crippen molar-refractivity contribution in [2.75, 3.05) is 19.6 Å². The molecule has 3 unspecified atom stereocenters. The van der Waals surface area contributed by atoms with E-state index in [0.717, 1.165) is 18.9 Å². The summed E-state index contributed by atoms with van der Waals surface area (Å²) in [6, 6.07) is 0.871. The van der Waals surface area contributed by atoms with Crippen molar-refractivity contribution in [3.63, 3.8) is 0 Å². The SMILES string of the molecule is CCCC1CC(NCC(F)F)CN(C(C)C2CCC2)C1. The van der Waals surface area contributed by atoms with E-state index < -0.39 is 6.43 Å². The normalized spacial score (nSPS) is 30.4. The highest BCUT2D eigenvalue weighted by Crippen LogP contribution is 2.34. The highest BCUT2D eigenvalue weighted by atomic mass is 19.3. The van der Waals surface area contributed by atoms with Crippen LogP contribution in [0.2, 0.25) is 0 Å². The molecule has 4 heteroatoms. The van der Waals surface area contributed by atoms with Crippen molar-refractivity contribution in [1.82, 2.24) is 10.2 Å². The molecule has 1 aliphatic heterocycles. The van der Waals surface area contributed by atoms with Gasteiger partial charge in [-0.05, 0) is 44.4 Å². The van der Waals surface area contributed by atoms with E-state index in [1.165, 1.54) is 38.6 Å². The van der Waals surface area contributed by atoms with Gasteiger partial charge in [0, 0.05) is 25.2 Å². The van der Waals surface area contributed by atoms with Gasteiger partial charge in [-0.2, -0.15) is 0 Å². The largest absolute Gasteiger partial charge is 0.307 e. The lowest BCUT2D eigenvalue weighted by molar-refractivity contribution is 0.0442. The second kappa shape index (κ2) is 7.69. The van der Waals surface area contributed by atoms with Gasteiger partial charge in [-0.15, -0.1) is 0 Å². The number of piperidine rings is 1. The molecule has 1 aliphatic carbocycles. The molecular weight excluding hydrogens is 258 g/mol. The number of likely N-dealkylation sites (tertiary alicyclic amines) is 1. The minimum absolute atomic E-state index is 0.158. The molecule has 1 saturated carbocycles. The molecule has 1 N–H and O–H groups in total. The van der Waals surface area contributed by atoms with Crippen molar-refractivity contribution >= 4 is 0 Å². The Hall–Kier alpha value is -0.220. The summed E-state index contributed by atoms with van der Waals surface area (Å²) < 4.78 is 24.8. The lowest BCUT2D eigenvalue weighted by Gasteiger charge is -2.45. The second-order valence-corrected chi connectivity index (χ2v) is 6.77. The Morgan fingerprint density at radius 3 is 2.55 bits per heavy atom. The van der Waals surface area contributed by atoms with Crippen LogP contribution in [0.15, 0.2) is 0 Å². The summed E-state index contributed by atoms with van der Waals surface area (Å²) in [5, 5.41) is 3.08. The third-order valence-electron chi connectivity index (χ3n) is 5.23. The Labute approximate surface area is 122 Å². The Balaban J connectivity index is 1.88. The minimum Gasteiger partial charge on any atom is -0.307 e. The van der Waals surface area contributed by atoms with Crippen LogP contribution < -0.4 is 5.32 Å². The van der Waals surface area contributed by atoms with Gasteiger partial charge in [0.05, 0.1) is 6.54 Å². The van der Waals surface area contributed by atoms with Crippen LogP contribution in [0.5, 0.6) is 0 Å². The summed E-state index contributed by atoms with van der Waals surface area (Å²) in [7, 11) is 0. The van der Waals surface area contributed by atoms with Crippen molar-refractivity contribution in [3.8, 4) is 0 Å². The van der Waals surface area contributed by atoms with Crippen molar-refractivity contribution in [2.24, 2.45) is 11.8 Å². The molecule has 0 spiro atoms. The maximum atomic E-state index is 12.4. The quantitative estimate of drug-likeness (QED) is 0.771. The predicted molar refractivity (Wildman–Crippen MR) is 79.2 cm³/mol. The van der Waals surface area contributed by atoms with Gasteiger partial charge in [0.1, 0.15) is 0 Å². The number of hydrogen-bond acceptors (Lipinski definition) is 2. The van der Waals surface area contributed by atoms with Crippen molar-refractivity contribution in [2.45, 2.75) is 70.9 Å². The van der Waals surface area contributed by atoms with Crippen LogP contribution in [-0.2, 0) is 0 Å². The van der Waals surface area contributed by atoms with Gasteiger partial charge in [-0.25, -0.2) is 8.78 Å². The summed E-state index contributed by atoms with van der Waals surface area (Å²) in [5.41, 5.74) is 0. The first-order valence-corrected chi connectivity index (χ1v) is 8.35. The third kappa shape index (κ3) is 4.39. The molecule has 0 amide bonds. The van der Waals surface area contributed by atoms with E-state index in [1.807, 2.05) is 0 Å². The van der Waals surface area contributed by atoms with Crippen LogP contribution in [0.25, 0.3) is 0 Å².